The highest BCUT2D eigenvalue weighted by molar-refractivity contribution is 5.87. The number of unbranched alkanes of at least 4 members (excludes halogenated alkanes) is 26. The van der Waals surface area contributed by atoms with Gasteiger partial charge in [0.2, 0.25) is 11.8 Å². The van der Waals surface area contributed by atoms with Crippen LogP contribution in [0.1, 0.15) is 232 Å². The molecule has 0 aromatic carbocycles. The first kappa shape index (κ1) is 52.6. The Hall–Kier alpha value is -2.42. The van der Waals surface area contributed by atoms with Crippen molar-refractivity contribution in [2.75, 3.05) is 13.2 Å². The summed E-state index contributed by atoms with van der Waals surface area (Å²) in [5.41, 5.74) is 0. The molecule has 0 aromatic rings. The molecule has 2 amide bonds. The maximum atomic E-state index is 12.8. The molecule has 0 aliphatic rings. The Morgan fingerprint density at radius 1 is 0.527 bits per heavy atom. The molecular weight excluding hydrogens is 693 g/mol. The van der Waals surface area contributed by atoms with Gasteiger partial charge in [-0.15, -0.1) is 0 Å². The van der Waals surface area contributed by atoms with Crippen molar-refractivity contribution in [1.29, 1.82) is 0 Å². The summed E-state index contributed by atoms with van der Waals surface area (Å²) in [5, 5.41) is 22.6. The average molecular weight is 779 g/mol. The zero-order valence-electron chi connectivity index (χ0n) is 35.7. The molecule has 0 aliphatic heterocycles. The maximum Gasteiger partial charge on any atom is 0.328 e. The van der Waals surface area contributed by atoms with E-state index in [9.17, 15) is 19.2 Å². The Bertz CT molecular complexity index is 941. The Kier molecular flexibility index (Phi) is 39.4. The summed E-state index contributed by atoms with van der Waals surface area (Å²) < 4.78 is 6.04. The summed E-state index contributed by atoms with van der Waals surface area (Å²) in [6.07, 6.45) is 43.8. The molecule has 0 bridgehead atoms. The predicted octanol–water partition coefficient (Wildman–Crippen LogP) is 11.4. The van der Waals surface area contributed by atoms with E-state index in [1.807, 2.05) is 0 Å². The van der Waals surface area contributed by atoms with Crippen LogP contribution in [0.3, 0.4) is 0 Å². The van der Waals surface area contributed by atoms with E-state index >= 15 is 0 Å². The van der Waals surface area contributed by atoms with Crippen LogP contribution in [-0.4, -0.2) is 59.3 Å². The molecule has 0 heterocycles. The smallest absolute Gasteiger partial charge is 0.328 e. The van der Waals surface area contributed by atoms with Crippen LogP contribution in [0.15, 0.2) is 12.2 Å². The first-order valence-corrected chi connectivity index (χ1v) is 23.1. The number of esters is 1. The van der Waals surface area contributed by atoms with Gasteiger partial charge in [0.05, 0.1) is 13.2 Å². The second-order valence-corrected chi connectivity index (χ2v) is 15.8. The van der Waals surface area contributed by atoms with E-state index in [-0.39, 0.29) is 24.5 Å². The molecule has 0 aliphatic carbocycles. The zero-order chi connectivity index (χ0) is 40.5. The molecule has 0 fully saturated rings. The second kappa shape index (κ2) is 41.2. The van der Waals surface area contributed by atoms with Gasteiger partial charge in [-0.25, -0.2) is 4.79 Å². The van der Waals surface area contributed by atoms with Crippen LogP contribution < -0.4 is 10.6 Å². The lowest BCUT2D eigenvalue weighted by atomic mass is 10.0. The van der Waals surface area contributed by atoms with Crippen LogP contribution in [0.4, 0.5) is 0 Å². The van der Waals surface area contributed by atoms with Crippen molar-refractivity contribution < 1.29 is 34.1 Å². The minimum Gasteiger partial charge on any atom is -0.480 e. The molecule has 9 nitrogen and oxygen atoms in total. The summed E-state index contributed by atoms with van der Waals surface area (Å²) in [7, 11) is 0. The molecule has 0 radical (unpaired) electrons. The summed E-state index contributed by atoms with van der Waals surface area (Å²) in [5.74, 6) is -2.28. The van der Waals surface area contributed by atoms with E-state index in [4.69, 9.17) is 14.9 Å². The van der Waals surface area contributed by atoms with E-state index in [2.05, 4.69) is 36.6 Å². The molecular formula is C46H86N2O7. The van der Waals surface area contributed by atoms with Crippen molar-refractivity contribution in [2.24, 2.45) is 0 Å². The largest absolute Gasteiger partial charge is 0.480 e. The molecule has 0 saturated heterocycles. The molecule has 0 aromatic heterocycles. The van der Waals surface area contributed by atoms with Crippen LogP contribution in [-0.2, 0) is 23.9 Å². The Morgan fingerprint density at radius 2 is 0.927 bits per heavy atom. The van der Waals surface area contributed by atoms with Gasteiger partial charge in [-0.3, -0.25) is 14.4 Å². The molecule has 55 heavy (non-hydrogen) atoms. The molecule has 322 valence electrons. The Labute approximate surface area is 337 Å². The molecule has 2 unspecified atom stereocenters. The lowest BCUT2D eigenvalue weighted by Crippen LogP contribution is -2.47. The van der Waals surface area contributed by atoms with Crippen molar-refractivity contribution in [3.05, 3.63) is 12.2 Å². The molecule has 9 heteroatoms. The van der Waals surface area contributed by atoms with Gasteiger partial charge in [-0.1, -0.05) is 167 Å². The average Bonchev–Trinajstić information content (AvgIpc) is 3.17. The van der Waals surface area contributed by atoms with Crippen molar-refractivity contribution in [2.45, 2.75) is 244 Å². The number of aliphatic hydroxyl groups excluding tert-OH is 1. The third-order valence-corrected chi connectivity index (χ3v) is 10.5. The topological polar surface area (TPSA) is 142 Å². The molecule has 4 N–H and O–H groups in total. The fourth-order valence-corrected chi connectivity index (χ4v) is 6.95. The number of carboxylic acids is 1. The SMILES string of the molecule is CCCCCCC/C=C\CCCCCCCC(=O)OC(CCCCCCCCCCCCCCC)CCCCCCCC(=O)NCC(=O)NC(CO)C(=O)O. The number of carboxylic acid groups (broad SMARTS) is 1. The number of ether oxygens (including phenoxy) is 1. The third-order valence-electron chi connectivity index (χ3n) is 10.5. The van der Waals surface area contributed by atoms with Crippen molar-refractivity contribution in [1.82, 2.24) is 10.6 Å². The highest BCUT2D eigenvalue weighted by Crippen LogP contribution is 2.19. The van der Waals surface area contributed by atoms with Gasteiger partial charge < -0.3 is 25.6 Å². The number of hydrogen-bond donors (Lipinski definition) is 4. The number of carbonyl (C=O) groups excluding carboxylic acids is 3. The van der Waals surface area contributed by atoms with Crippen LogP contribution in [0.2, 0.25) is 0 Å². The number of rotatable bonds is 42. The fourth-order valence-electron chi connectivity index (χ4n) is 6.95. The minimum absolute atomic E-state index is 0.0119. The van der Waals surface area contributed by atoms with E-state index in [1.165, 1.54) is 135 Å². The van der Waals surface area contributed by atoms with Crippen LogP contribution >= 0.6 is 0 Å². The molecule has 0 spiro atoms. The fraction of sp³-hybridized carbons (Fsp3) is 0.870. The van der Waals surface area contributed by atoms with Gasteiger partial charge in [0.25, 0.3) is 0 Å². The summed E-state index contributed by atoms with van der Waals surface area (Å²) in [6.45, 7) is 3.49. The lowest BCUT2D eigenvalue weighted by molar-refractivity contribution is -0.150. The van der Waals surface area contributed by atoms with E-state index < -0.39 is 24.5 Å². The maximum absolute atomic E-state index is 12.8. The Morgan fingerprint density at radius 3 is 1.36 bits per heavy atom. The van der Waals surface area contributed by atoms with Crippen molar-refractivity contribution in [3.8, 4) is 0 Å². The van der Waals surface area contributed by atoms with Crippen molar-refractivity contribution in [3.63, 3.8) is 0 Å². The quantitative estimate of drug-likeness (QED) is 0.0274. The van der Waals surface area contributed by atoms with E-state index in [0.29, 0.717) is 19.3 Å². The molecule has 0 rings (SSSR count). The highest BCUT2D eigenvalue weighted by Gasteiger charge is 2.19. The first-order chi connectivity index (χ1) is 26.8. The van der Waals surface area contributed by atoms with Gasteiger partial charge in [-0.05, 0) is 64.2 Å². The summed E-state index contributed by atoms with van der Waals surface area (Å²) in [6, 6.07) is -1.38. The third kappa shape index (κ3) is 38.2. The summed E-state index contributed by atoms with van der Waals surface area (Å²) >= 11 is 0. The number of aliphatic hydroxyl groups is 1. The summed E-state index contributed by atoms with van der Waals surface area (Å²) in [4.78, 5) is 47.6. The number of carbonyl (C=O) groups is 4. The number of nitrogens with one attached hydrogen (secondary N) is 2. The second-order valence-electron chi connectivity index (χ2n) is 15.8. The number of amides is 2. The van der Waals surface area contributed by atoms with Crippen molar-refractivity contribution >= 4 is 23.8 Å². The van der Waals surface area contributed by atoms with Crippen LogP contribution in [0.25, 0.3) is 0 Å². The monoisotopic (exact) mass is 779 g/mol. The van der Waals surface area contributed by atoms with Gasteiger partial charge in [-0.2, -0.15) is 0 Å². The van der Waals surface area contributed by atoms with E-state index in [1.54, 1.807) is 0 Å². The van der Waals surface area contributed by atoms with Gasteiger partial charge in [0.15, 0.2) is 0 Å². The molecule has 2 atom stereocenters. The molecule has 0 saturated carbocycles. The number of aliphatic carboxylic acids is 1. The lowest BCUT2D eigenvalue weighted by Gasteiger charge is -2.18. The first-order valence-electron chi connectivity index (χ1n) is 23.1. The normalized spacial score (nSPS) is 12.5. The van der Waals surface area contributed by atoms with Gasteiger partial charge >= 0.3 is 11.9 Å². The Balaban J connectivity index is 4.30. The highest BCUT2D eigenvalue weighted by atomic mass is 16.5. The standard InChI is InChI=1S/C46H86N2O7/c1-3-5-7-9-11-13-15-17-19-21-23-25-30-34-38-45(52)55-41(35-31-27-24-22-20-18-16-14-12-10-8-6-4-2)36-32-28-26-29-33-37-43(50)47-39-44(51)48-42(40-49)46(53)54/h15,17,41-42,49H,3-14,16,18-40H2,1-2H3,(H,47,50)(H,48,51)(H,53,54)/b17-15-. The number of hydrogen-bond acceptors (Lipinski definition) is 6. The number of allylic oxidation sites excluding steroid dienone is 2. The van der Waals surface area contributed by atoms with Gasteiger partial charge in [0.1, 0.15) is 12.1 Å². The zero-order valence-corrected chi connectivity index (χ0v) is 35.7. The predicted molar refractivity (Wildman–Crippen MR) is 227 cm³/mol. The van der Waals surface area contributed by atoms with Crippen LogP contribution in [0.5, 0.6) is 0 Å². The van der Waals surface area contributed by atoms with E-state index in [0.717, 1.165) is 64.2 Å². The minimum atomic E-state index is -1.38. The van der Waals surface area contributed by atoms with Gasteiger partial charge in [0, 0.05) is 12.8 Å². The van der Waals surface area contributed by atoms with Crippen LogP contribution in [0, 0.1) is 0 Å².